The molecule has 1 fully saturated rings. The molecule has 0 spiro atoms. The van der Waals surface area contributed by atoms with Crippen molar-refractivity contribution in [2.75, 3.05) is 6.54 Å². The van der Waals surface area contributed by atoms with E-state index < -0.39 is 11.3 Å². The molecule has 2 N–H and O–H groups in total. The Hall–Kier alpha value is -0.960. The molecule has 0 aliphatic heterocycles. The molecule has 1 nitrogen and oxygen atoms in total. The molecule has 1 aliphatic rings. The Morgan fingerprint density at radius 2 is 1.75 bits per heavy atom. The molecule has 0 radical (unpaired) electrons. The highest BCUT2D eigenvalue weighted by Gasteiger charge is 2.73. The van der Waals surface area contributed by atoms with Gasteiger partial charge in [-0.1, -0.05) is 44.2 Å². The Bertz CT molecular complexity index is 386. The maximum atomic E-state index is 14.4. The summed E-state index contributed by atoms with van der Waals surface area (Å²) in [6.07, 6.45) is 0.485. The fourth-order valence-electron chi connectivity index (χ4n) is 2.65. The van der Waals surface area contributed by atoms with Crippen LogP contribution in [0.3, 0.4) is 0 Å². The van der Waals surface area contributed by atoms with Crippen molar-refractivity contribution in [2.24, 2.45) is 16.6 Å². The molecule has 1 unspecified atom stereocenters. The van der Waals surface area contributed by atoms with E-state index in [1.165, 1.54) is 12.1 Å². The minimum atomic E-state index is -2.84. The van der Waals surface area contributed by atoms with E-state index in [0.717, 1.165) is 0 Å². The zero-order valence-corrected chi connectivity index (χ0v) is 9.63. The predicted octanol–water partition coefficient (Wildman–Crippen LogP) is 3.15. The van der Waals surface area contributed by atoms with E-state index in [2.05, 4.69) is 0 Å². The molecule has 2 rings (SSSR count). The third kappa shape index (κ3) is 1.31. The number of alkyl halides is 2. The maximum Gasteiger partial charge on any atom is 0.280 e. The second-order valence-electron chi connectivity index (χ2n) is 5.29. The Balaban J connectivity index is 2.41. The highest BCUT2D eigenvalue weighted by molar-refractivity contribution is 5.29. The van der Waals surface area contributed by atoms with Crippen LogP contribution in [0.2, 0.25) is 0 Å². The van der Waals surface area contributed by atoms with Gasteiger partial charge in [-0.25, -0.2) is 8.78 Å². The van der Waals surface area contributed by atoms with Crippen molar-refractivity contribution in [1.29, 1.82) is 0 Å². The van der Waals surface area contributed by atoms with Crippen LogP contribution in [0.5, 0.6) is 0 Å². The topological polar surface area (TPSA) is 26.0 Å². The van der Waals surface area contributed by atoms with Gasteiger partial charge in [0.2, 0.25) is 0 Å². The second kappa shape index (κ2) is 3.27. The van der Waals surface area contributed by atoms with E-state index in [-0.39, 0.29) is 17.5 Å². The Kier molecular flexibility index (Phi) is 2.35. The van der Waals surface area contributed by atoms with Gasteiger partial charge in [0.25, 0.3) is 5.92 Å². The van der Waals surface area contributed by atoms with Crippen LogP contribution in [0.4, 0.5) is 8.78 Å². The number of hydrogen-bond donors (Lipinski definition) is 1. The summed E-state index contributed by atoms with van der Waals surface area (Å²) in [5, 5.41) is 0. The second-order valence-corrected chi connectivity index (χ2v) is 5.29. The number of hydrogen-bond acceptors (Lipinski definition) is 1. The SMILES string of the molecule is CC1(C)CC1(CN)C(F)(F)c1ccccc1. The van der Waals surface area contributed by atoms with E-state index >= 15 is 0 Å². The van der Waals surface area contributed by atoms with Crippen molar-refractivity contribution in [3.63, 3.8) is 0 Å². The average Bonchev–Trinajstić information content (AvgIpc) is 2.84. The van der Waals surface area contributed by atoms with Crippen LogP contribution in [0.25, 0.3) is 0 Å². The summed E-state index contributed by atoms with van der Waals surface area (Å²) in [4.78, 5) is 0. The molecule has 0 aromatic heterocycles. The number of rotatable bonds is 3. The molecular weight excluding hydrogens is 208 g/mol. The Morgan fingerprint density at radius 3 is 2.12 bits per heavy atom. The summed E-state index contributed by atoms with van der Waals surface area (Å²) in [6, 6.07) is 7.98. The van der Waals surface area contributed by atoms with Gasteiger partial charge in [-0.15, -0.1) is 0 Å². The van der Waals surface area contributed by atoms with Gasteiger partial charge in [0, 0.05) is 12.1 Å². The van der Waals surface area contributed by atoms with Crippen LogP contribution in [-0.4, -0.2) is 6.54 Å². The summed E-state index contributed by atoms with van der Waals surface area (Å²) in [5.74, 6) is -2.84. The number of halogens is 2. The van der Waals surface area contributed by atoms with Crippen molar-refractivity contribution >= 4 is 0 Å². The normalized spacial score (nSPS) is 27.8. The maximum absolute atomic E-state index is 14.4. The van der Waals surface area contributed by atoms with Gasteiger partial charge in [0.05, 0.1) is 5.41 Å². The lowest BCUT2D eigenvalue weighted by Crippen LogP contribution is -2.37. The Morgan fingerprint density at radius 1 is 1.25 bits per heavy atom. The smallest absolute Gasteiger partial charge is 0.280 e. The first-order valence-corrected chi connectivity index (χ1v) is 5.51. The van der Waals surface area contributed by atoms with Gasteiger partial charge < -0.3 is 5.73 Å². The van der Waals surface area contributed by atoms with Gasteiger partial charge in [0.1, 0.15) is 0 Å². The van der Waals surface area contributed by atoms with Crippen LogP contribution in [0.1, 0.15) is 25.8 Å². The number of benzene rings is 1. The van der Waals surface area contributed by atoms with Crippen molar-refractivity contribution < 1.29 is 8.78 Å². The highest BCUT2D eigenvalue weighted by atomic mass is 19.3. The van der Waals surface area contributed by atoms with E-state index in [9.17, 15) is 8.78 Å². The molecule has 1 aliphatic carbocycles. The zero-order valence-electron chi connectivity index (χ0n) is 9.63. The molecular formula is C13H17F2N. The third-order valence-corrected chi connectivity index (χ3v) is 4.00. The largest absolute Gasteiger partial charge is 0.330 e. The van der Waals surface area contributed by atoms with Gasteiger partial charge >= 0.3 is 0 Å². The fourth-order valence-corrected chi connectivity index (χ4v) is 2.65. The van der Waals surface area contributed by atoms with Gasteiger partial charge in [-0.3, -0.25) is 0 Å². The predicted molar refractivity (Wildman–Crippen MR) is 60.2 cm³/mol. The zero-order chi connectivity index (χ0) is 12.0. The minimum Gasteiger partial charge on any atom is -0.330 e. The third-order valence-electron chi connectivity index (χ3n) is 4.00. The van der Waals surface area contributed by atoms with Gasteiger partial charge in [0.15, 0.2) is 0 Å². The van der Waals surface area contributed by atoms with Crippen LogP contribution in [0, 0.1) is 10.8 Å². The van der Waals surface area contributed by atoms with Crippen molar-refractivity contribution in [2.45, 2.75) is 26.2 Å². The van der Waals surface area contributed by atoms with E-state index in [1.807, 2.05) is 13.8 Å². The monoisotopic (exact) mass is 225 g/mol. The molecule has 1 atom stereocenters. The molecule has 0 heterocycles. The molecule has 3 heteroatoms. The summed E-state index contributed by atoms with van der Waals surface area (Å²) in [6.45, 7) is 3.75. The van der Waals surface area contributed by atoms with Crippen molar-refractivity contribution in [1.82, 2.24) is 0 Å². The van der Waals surface area contributed by atoms with E-state index in [4.69, 9.17) is 5.73 Å². The molecule has 1 saturated carbocycles. The molecule has 0 saturated heterocycles. The molecule has 1 aromatic carbocycles. The van der Waals surface area contributed by atoms with Crippen LogP contribution in [-0.2, 0) is 5.92 Å². The summed E-state index contributed by atoms with van der Waals surface area (Å²) in [5.41, 5.74) is 4.22. The van der Waals surface area contributed by atoms with E-state index in [1.54, 1.807) is 18.2 Å². The summed E-state index contributed by atoms with van der Waals surface area (Å²) >= 11 is 0. The molecule has 1 aromatic rings. The van der Waals surface area contributed by atoms with Crippen LogP contribution < -0.4 is 5.73 Å². The van der Waals surface area contributed by atoms with Crippen LogP contribution in [0.15, 0.2) is 30.3 Å². The minimum absolute atomic E-state index is 0.0297. The quantitative estimate of drug-likeness (QED) is 0.840. The first-order chi connectivity index (χ1) is 7.37. The number of nitrogens with two attached hydrogens (primary N) is 1. The molecule has 16 heavy (non-hydrogen) atoms. The molecule has 0 amide bonds. The summed E-state index contributed by atoms with van der Waals surface area (Å²) in [7, 11) is 0. The summed E-state index contributed by atoms with van der Waals surface area (Å²) < 4.78 is 28.8. The fraction of sp³-hybridized carbons (Fsp3) is 0.538. The van der Waals surface area contributed by atoms with Crippen molar-refractivity contribution in [3.05, 3.63) is 35.9 Å². The molecule has 0 bridgehead atoms. The van der Waals surface area contributed by atoms with Gasteiger partial charge in [-0.05, 0) is 11.8 Å². The highest BCUT2D eigenvalue weighted by Crippen LogP contribution is 2.72. The first-order valence-electron chi connectivity index (χ1n) is 5.51. The standard InChI is InChI=1S/C13H17F2N/c1-11(2)8-12(11,9-16)13(14,15)10-6-4-3-5-7-10/h3-7H,8-9,16H2,1-2H3. The lowest BCUT2D eigenvalue weighted by Gasteiger charge is -2.29. The van der Waals surface area contributed by atoms with E-state index in [0.29, 0.717) is 6.42 Å². The lowest BCUT2D eigenvalue weighted by molar-refractivity contribution is -0.0911. The van der Waals surface area contributed by atoms with Gasteiger partial charge in [-0.2, -0.15) is 0 Å². The first kappa shape index (κ1) is 11.5. The van der Waals surface area contributed by atoms with Crippen LogP contribution >= 0.6 is 0 Å². The Labute approximate surface area is 94.7 Å². The lowest BCUT2D eigenvalue weighted by atomic mass is 9.85. The van der Waals surface area contributed by atoms with Crippen molar-refractivity contribution in [3.8, 4) is 0 Å². The molecule has 88 valence electrons. The average molecular weight is 225 g/mol.